The maximum atomic E-state index is 13.9. The monoisotopic (exact) mass is 504 g/mol. The van der Waals surface area contributed by atoms with Crippen molar-refractivity contribution in [2.45, 2.75) is 12.6 Å². The summed E-state index contributed by atoms with van der Waals surface area (Å²) >= 11 is 7.11. The van der Waals surface area contributed by atoms with Gasteiger partial charge in [-0.2, -0.15) is 13.2 Å². The molecule has 0 spiro atoms. The topological polar surface area (TPSA) is 78.4 Å². The van der Waals surface area contributed by atoms with Crippen molar-refractivity contribution in [2.75, 3.05) is 11.9 Å². The molecule has 1 aromatic heterocycles. The van der Waals surface area contributed by atoms with E-state index in [1.807, 2.05) is 5.32 Å². The van der Waals surface area contributed by atoms with E-state index >= 15 is 0 Å². The molecule has 33 heavy (non-hydrogen) atoms. The van der Waals surface area contributed by atoms with E-state index in [9.17, 15) is 31.5 Å². The molecule has 0 bridgehead atoms. The number of aromatic hydroxyl groups is 1. The minimum atomic E-state index is -4.92. The van der Waals surface area contributed by atoms with Crippen molar-refractivity contribution in [3.63, 3.8) is 0 Å². The Bertz CT molecular complexity index is 1180. The number of anilines is 1. The van der Waals surface area contributed by atoms with Gasteiger partial charge in [0.1, 0.15) is 0 Å². The molecule has 0 unspecified atom stereocenters. The minimum Gasteiger partial charge on any atom is -0.503 e. The summed E-state index contributed by atoms with van der Waals surface area (Å²) in [5.41, 5.74) is -2.90. The predicted molar refractivity (Wildman–Crippen MR) is 113 cm³/mol. The van der Waals surface area contributed by atoms with Crippen LogP contribution in [0.1, 0.15) is 31.2 Å². The fourth-order valence-corrected chi connectivity index (χ4v) is 3.87. The fourth-order valence-electron chi connectivity index (χ4n) is 2.99. The molecule has 0 atom stereocenters. The first kappa shape index (κ1) is 24.5. The molecule has 0 radical (unpaired) electrons. The number of nitrogens with one attached hydrogen (secondary N) is 2. The summed E-state index contributed by atoms with van der Waals surface area (Å²) in [6.45, 7) is -0.151. The van der Waals surface area contributed by atoms with Crippen molar-refractivity contribution in [1.82, 2.24) is 5.32 Å². The molecule has 3 rings (SSSR count). The number of hydrogen-bond acceptors (Lipinski definition) is 4. The van der Waals surface area contributed by atoms with Crippen LogP contribution in [-0.4, -0.2) is 23.5 Å². The summed E-state index contributed by atoms with van der Waals surface area (Å²) in [6, 6.07) is 6.07. The number of phenols is 1. The molecule has 12 heteroatoms. The second-order valence-corrected chi connectivity index (χ2v) is 8.10. The lowest BCUT2D eigenvalue weighted by molar-refractivity contribution is -0.137. The molecule has 174 valence electrons. The molecule has 0 saturated heterocycles. The van der Waals surface area contributed by atoms with Crippen molar-refractivity contribution in [3.8, 4) is 5.75 Å². The molecule has 3 aromatic rings. The van der Waals surface area contributed by atoms with Gasteiger partial charge in [-0.3, -0.25) is 9.59 Å². The van der Waals surface area contributed by atoms with Crippen LogP contribution in [0.25, 0.3) is 0 Å². The van der Waals surface area contributed by atoms with Gasteiger partial charge in [-0.25, -0.2) is 8.78 Å². The first-order valence-corrected chi connectivity index (χ1v) is 10.4. The number of amides is 2. The zero-order valence-electron chi connectivity index (χ0n) is 16.4. The average molecular weight is 505 g/mol. The zero-order chi connectivity index (χ0) is 24.3. The first-order chi connectivity index (χ1) is 15.5. The number of hydrogen-bond donors (Lipinski definition) is 3. The summed E-state index contributed by atoms with van der Waals surface area (Å²) in [4.78, 5) is 24.8. The Morgan fingerprint density at radius 3 is 2.30 bits per heavy atom. The largest absolute Gasteiger partial charge is 0.503 e. The van der Waals surface area contributed by atoms with Gasteiger partial charge in [-0.05, 0) is 47.7 Å². The van der Waals surface area contributed by atoms with E-state index in [4.69, 9.17) is 16.7 Å². The normalized spacial score (nSPS) is 11.3. The molecule has 5 nitrogen and oxygen atoms in total. The number of carbonyl (C=O) groups excluding carboxylic acids is 2. The number of alkyl halides is 3. The maximum Gasteiger partial charge on any atom is 0.418 e. The van der Waals surface area contributed by atoms with Gasteiger partial charge >= 0.3 is 6.18 Å². The second-order valence-electron chi connectivity index (χ2n) is 6.71. The fraction of sp³-hybridized carbons (Fsp3) is 0.143. The van der Waals surface area contributed by atoms with E-state index in [1.165, 1.54) is 11.3 Å². The summed E-state index contributed by atoms with van der Waals surface area (Å²) in [5, 5.41) is 15.1. The number of halogens is 6. The number of rotatable bonds is 6. The SMILES string of the molecule is O=C(Nc1cc(Cl)cc(CCNC(=O)c2cccs2)c1C(F)(F)F)c1cc(F)c(O)c(F)c1. The Morgan fingerprint density at radius 1 is 1.06 bits per heavy atom. The van der Waals surface area contributed by atoms with Gasteiger partial charge < -0.3 is 15.7 Å². The molecule has 0 fully saturated rings. The Hall–Kier alpha value is -3.18. The van der Waals surface area contributed by atoms with E-state index in [1.54, 1.807) is 17.5 Å². The highest BCUT2D eigenvalue weighted by atomic mass is 35.5. The van der Waals surface area contributed by atoms with E-state index < -0.39 is 52.2 Å². The number of phenolic OH excluding ortho intramolecular Hbond substituents is 1. The number of thiophene rings is 1. The number of benzene rings is 2. The molecule has 2 amide bonds. The van der Waals surface area contributed by atoms with E-state index in [-0.39, 0.29) is 23.6 Å². The lowest BCUT2D eigenvalue weighted by Gasteiger charge is -2.19. The lowest BCUT2D eigenvalue weighted by atomic mass is 10.0. The summed E-state index contributed by atoms with van der Waals surface area (Å²) < 4.78 is 68.6. The van der Waals surface area contributed by atoms with Crippen LogP contribution < -0.4 is 10.6 Å². The maximum absolute atomic E-state index is 13.9. The molecule has 3 N–H and O–H groups in total. The first-order valence-electron chi connectivity index (χ1n) is 9.18. The second kappa shape index (κ2) is 9.75. The molecule has 2 aromatic carbocycles. The van der Waals surface area contributed by atoms with Crippen LogP contribution in [0.2, 0.25) is 5.02 Å². The van der Waals surface area contributed by atoms with E-state index in [2.05, 4.69) is 5.32 Å². The van der Waals surface area contributed by atoms with Crippen molar-refractivity contribution in [2.24, 2.45) is 0 Å². The molecule has 1 heterocycles. The van der Waals surface area contributed by atoms with Gasteiger partial charge in [0.2, 0.25) is 0 Å². The average Bonchev–Trinajstić information content (AvgIpc) is 3.25. The van der Waals surface area contributed by atoms with Crippen LogP contribution in [0.3, 0.4) is 0 Å². The Morgan fingerprint density at radius 2 is 1.73 bits per heavy atom. The predicted octanol–water partition coefficient (Wildman–Crippen LogP) is 5.63. The van der Waals surface area contributed by atoms with Crippen molar-refractivity contribution in [1.29, 1.82) is 0 Å². The van der Waals surface area contributed by atoms with Crippen molar-refractivity contribution >= 4 is 40.4 Å². The third kappa shape index (κ3) is 5.79. The van der Waals surface area contributed by atoms with Gasteiger partial charge in [0.15, 0.2) is 17.4 Å². The highest BCUT2D eigenvalue weighted by molar-refractivity contribution is 7.12. The molecule has 0 saturated carbocycles. The van der Waals surface area contributed by atoms with Crippen LogP contribution in [0.5, 0.6) is 5.75 Å². The smallest absolute Gasteiger partial charge is 0.418 e. The van der Waals surface area contributed by atoms with Gasteiger partial charge in [0, 0.05) is 17.1 Å². The molecular weight excluding hydrogens is 491 g/mol. The minimum absolute atomic E-state index is 0.138. The Kier molecular flexibility index (Phi) is 7.23. The Balaban J connectivity index is 1.88. The highest BCUT2D eigenvalue weighted by Crippen LogP contribution is 2.40. The molecule has 0 aliphatic heterocycles. The summed E-state index contributed by atoms with van der Waals surface area (Å²) in [7, 11) is 0. The lowest BCUT2D eigenvalue weighted by Crippen LogP contribution is -2.26. The van der Waals surface area contributed by atoms with Gasteiger partial charge in [-0.15, -0.1) is 11.3 Å². The van der Waals surface area contributed by atoms with E-state index in [0.29, 0.717) is 17.0 Å². The highest BCUT2D eigenvalue weighted by Gasteiger charge is 2.37. The number of carbonyl (C=O) groups is 2. The van der Waals surface area contributed by atoms with Crippen molar-refractivity contribution < 1.29 is 36.6 Å². The standard InChI is InChI=1S/C21H14ClF5N2O3S/c22-12-6-10(3-4-28-20(32)16-2-1-5-33-16)17(21(25,26)27)15(9-12)29-19(31)11-7-13(23)18(30)14(24)8-11/h1-2,5-9,30H,3-4H2,(H,28,32)(H,29,31). The van der Waals surface area contributed by atoms with Crippen LogP contribution in [-0.2, 0) is 12.6 Å². The third-order valence-electron chi connectivity index (χ3n) is 4.42. The van der Waals surface area contributed by atoms with Crippen LogP contribution in [0, 0.1) is 11.6 Å². The molecular formula is C21H14ClF5N2O3S. The van der Waals surface area contributed by atoms with Crippen molar-refractivity contribution in [3.05, 3.63) is 80.0 Å². The molecule has 0 aliphatic carbocycles. The quantitative estimate of drug-likeness (QED) is 0.381. The third-order valence-corrected chi connectivity index (χ3v) is 5.51. The van der Waals surface area contributed by atoms with E-state index in [0.717, 1.165) is 12.1 Å². The van der Waals surface area contributed by atoms with Crippen LogP contribution in [0.4, 0.5) is 27.6 Å². The molecule has 0 aliphatic rings. The zero-order valence-corrected chi connectivity index (χ0v) is 18.0. The van der Waals surface area contributed by atoms with Gasteiger partial charge in [0.05, 0.1) is 16.1 Å². The Labute approximate surface area is 192 Å². The summed E-state index contributed by atoms with van der Waals surface area (Å²) in [5.74, 6) is -5.94. The van der Waals surface area contributed by atoms with Gasteiger partial charge in [0.25, 0.3) is 11.8 Å². The van der Waals surface area contributed by atoms with Crippen LogP contribution in [0.15, 0.2) is 41.8 Å². The van der Waals surface area contributed by atoms with Crippen LogP contribution >= 0.6 is 22.9 Å². The summed E-state index contributed by atoms with van der Waals surface area (Å²) in [6.07, 6.45) is -5.19. The van der Waals surface area contributed by atoms with Gasteiger partial charge in [-0.1, -0.05) is 17.7 Å².